The lowest BCUT2D eigenvalue weighted by atomic mass is 9.86. The van der Waals surface area contributed by atoms with Crippen molar-refractivity contribution in [1.29, 1.82) is 0 Å². The van der Waals surface area contributed by atoms with Gasteiger partial charge in [-0.25, -0.2) is 13.1 Å². The Morgan fingerprint density at radius 3 is 2.74 bits per heavy atom. The third kappa shape index (κ3) is 3.56. The van der Waals surface area contributed by atoms with Crippen LogP contribution in [0.25, 0.3) is 0 Å². The summed E-state index contributed by atoms with van der Waals surface area (Å²) in [6.07, 6.45) is 3.53. The van der Waals surface area contributed by atoms with E-state index >= 15 is 0 Å². The van der Waals surface area contributed by atoms with Crippen molar-refractivity contribution < 1.29 is 8.42 Å². The molecule has 0 bridgehead atoms. The van der Waals surface area contributed by atoms with Gasteiger partial charge in [-0.15, -0.1) is 11.3 Å². The van der Waals surface area contributed by atoms with Crippen molar-refractivity contribution in [3.05, 3.63) is 15.8 Å². The maximum atomic E-state index is 12.4. The van der Waals surface area contributed by atoms with Crippen LogP contribution in [-0.2, 0) is 16.6 Å². The molecule has 0 saturated heterocycles. The van der Waals surface area contributed by atoms with Gasteiger partial charge in [-0.2, -0.15) is 0 Å². The number of aryl methyl sites for hydroxylation is 1. The van der Waals surface area contributed by atoms with Gasteiger partial charge in [-0.1, -0.05) is 13.3 Å². The Labute approximate surface area is 119 Å². The number of hydrogen-bond donors (Lipinski definition) is 2. The fraction of sp³-hybridized carbons (Fsp3) is 0.692. The van der Waals surface area contributed by atoms with Gasteiger partial charge in [0.1, 0.15) is 4.90 Å². The van der Waals surface area contributed by atoms with E-state index in [1.54, 1.807) is 0 Å². The molecule has 1 aromatic heterocycles. The smallest absolute Gasteiger partial charge is 0.241 e. The zero-order valence-electron chi connectivity index (χ0n) is 11.5. The predicted molar refractivity (Wildman–Crippen MR) is 79.0 cm³/mol. The van der Waals surface area contributed by atoms with Crippen LogP contribution in [0.3, 0.4) is 0 Å². The summed E-state index contributed by atoms with van der Waals surface area (Å²) in [4.78, 5) is 1.39. The summed E-state index contributed by atoms with van der Waals surface area (Å²) in [7, 11) is -3.36. The largest absolute Gasteiger partial charge is 0.312 e. The summed E-state index contributed by atoms with van der Waals surface area (Å²) in [6.45, 7) is 5.92. The minimum atomic E-state index is -3.36. The van der Waals surface area contributed by atoms with E-state index in [1.807, 2.05) is 19.2 Å². The maximum absolute atomic E-state index is 12.4. The molecule has 1 saturated carbocycles. The van der Waals surface area contributed by atoms with Crippen LogP contribution in [0.1, 0.15) is 36.6 Å². The molecule has 0 spiro atoms. The first kappa shape index (κ1) is 15.0. The summed E-state index contributed by atoms with van der Waals surface area (Å²) < 4.78 is 27.6. The molecular weight excluding hydrogens is 280 g/mol. The van der Waals surface area contributed by atoms with E-state index in [4.69, 9.17) is 0 Å². The maximum Gasteiger partial charge on any atom is 0.241 e. The highest BCUT2D eigenvalue weighted by atomic mass is 32.2. The van der Waals surface area contributed by atoms with Crippen LogP contribution in [0.5, 0.6) is 0 Å². The monoisotopic (exact) mass is 302 g/mol. The number of rotatable bonds is 7. The first-order chi connectivity index (χ1) is 9.04. The molecule has 2 N–H and O–H groups in total. The third-order valence-corrected chi connectivity index (χ3v) is 6.47. The Balaban J connectivity index is 2.11. The Bertz CT molecular complexity index is 519. The predicted octanol–water partition coefficient (Wildman–Crippen LogP) is 2.24. The topological polar surface area (TPSA) is 58.2 Å². The number of sulfonamides is 1. The lowest BCUT2D eigenvalue weighted by molar-refractivity contribution is 0.316. The molecule has 1 aliphatic rings. The van der Waals surface area contributed by atoms with Crippen LogP contribution in [0.4, 0.5) is 0 Å². The molecule has 0 radical (unpaired) electrons. The fourth-order valence-electron chi connectivity index (χ4n) is 2.21. The van der Waals surface area contributed by atoms with Crippen LogP contribution in [0, 0.1) is 12.8 Å². The minimum absolute atomic E-state index is 0.484. The van der Waals surface area contributed by atoms with Crippen LogP contribution >= 0.6 is 11.3 Å². The van der Waals surface area contributed by atoms with E-state index in [0.717, 1.165) is 29.8 Å². The molecule has 0 atom stereocenters. The van der Waals surface area contributed by atoms with Crippen molar-refractivity contribution in [2.75, 3.05) is 13.1 Å². The molecule has 0 amide bonds. The molecule has 0 aliphatic heterocycles. The van der Waals surface area contributed by atoms with Gasteiger partial charge in [0.25, 0.3) is 0 Å². The normalized spacial score (nSPS) is 16.5. The van der Waals surface area contributed by atoms with Crippen molar-refractivity contribution in [1.82, 2.24) is 10.0 Å². The highest BCUT2D eigenvalue weighted by molar-refractivity contribution is 7.89. The van der Waals surface area contributed by atoms with Gasteiger partial charge in [-0.3, -0.25) is 0 Å². The lowest BCUT2D eigenvalue weighted by Gasteiger charge is -2.25. The molecule has 4 nitrogen and oxygen atoms in total. The highest BCUT2D eigenvalue weighted by Crippen LogP contribution is 2.29. The van der Waals surface area contributed by atoms with Gasteiger partial charge in [0, 0.05) is 18.0 Å². The van der Waals surface area contributed by atoms with E-state index in [0.29, 0.717) is 23.9 Å². The van der Waals surface area contributed by atoms with E-state index in [2.05, 4.69) is 10.0 Å². The second-order valence-corrected chi connectivity index (χ2v) is 7.77. The summed E-state index contributed by atoms with van der Waals surface area (Å²) >= 11 is 1.52. The zero-order chi connectivity index (χ0) is 13.9. The van der Waals surface area contributed by atoms with E-state index < -0.39 is 10.0 Å². The second-order valence-electron chi connectivity index (χ2n) is 5.10. The Morgan fingerprint density at radius 1 is 1.42 bits per heavy atom. The van der Waals surface area contributed by atoms with Crippen molar-refractivity contribution >= 4 is 21.4 Å². The average Bonchev–Trinajstić information content (AvgIpc) is 2.66. The fourth-order valence-corrected chi connectivity index (χ4v) is 5.10. The zero-order valence-corrected chi connectivity index (χ0v) is 13.2. The average molecular weight is 302 g/mol. The minimum Gasteiger partial charge on any atom is -0.312 e. The summed E-state index contributed by atoms with van der Waals surface area (Å²) in [6, 6.07) is 0. The van der Waals surface area contributed by atoms with E-state index in [1.165, 1.54) is 17.8 Å². The quantitative estimate of drug-likeness (QED) is 0.812. The van der Waals surface area contributed by atoms with Gasteiger partial charge in [0.15, 0.2) is 0 Å². The van der Waals surface area contributed by atoms with Gasteiger partial charge in [0.05, 0.1) is 0 Å². The molecule has 0 unspecified atom stereocenters. The Morgan fingerprint density at radius 2 is 2.16 bits per heavy atom. The van der Waals surface area contributed by atoms with E-state index in [-0.39, 0.29) is 0 Å². The van der Waals surface area contributed by atoms with Crippen molar-refractivity contribution in [3.63, 3.8) is 0 Å². The summed E-state index contributed by atoms with van der Waals surface area (Å²) in [5.41, 5.74) is 0.846. The molecule has 1 aromatic rings. The second kappa shape index (κ2) is 6.35. The molecule has 0 aromatic carbocycles. The summed E-state index contributed by atoms with van der Waals surface area (Å²) in [5, 5.41) is 5.12. The molecule has 1 heterocycles. The Kier molecular flexibility index (Phi) is 5.00. The van der Waals surface area contributed by atoms with Crippen LogP contribution in [0.2, 0.25) is 0 Å². The lowest BCUT2D eigenvalue weighted by Crippen LogP contribution is -2.33. The van der Waals surface area contributed by atoms with Gasteiger partial charge in [-0.05, 0) is 43.2 Å². The summed E-state index contributed by atoms with van der Waals surface area (Å²) in [5.74, 6) is 0.533. The molecule has 19 heavy (non-hydrogen) atoms. The number of hydrogen-bond acceptors (Lipinski definition) is 4. The molecule has 2 rings (SSSR count). The molecule has 108 valence electrons. The van der Waals surface area contributed by atoms with Gasteiger partial charge >= 0.3 is 0 Å². The molecule has 1 fully saturated rings. The van der Waals surface area contributed by atoms with E-state index in [9.17, 15) is 8.42 Å². The number of nitrogens with one attached hydrogen (secondary N) is 2. The van der Waals surface area contributed by atoms with Crippen LogP contribution < -0.4 is 10.0 Å². The molecule has 1 aliphatic carbocycles. The third-order valence-electron chi connectivity index (χ3n) is 3.58. The first-order valence-corrected chi connectivity index (χ1v) is 9.18. The van der Waals surface area contributed by atoms with Crippen molar-refractivity contribution in [2.45, 2.75) is 44.6 Å². The van der Waals surface area contributed by atoms with Crippen LogP contribution in [-0.4, -0.2) is 21.5 Å². The van der Waals surface area contributed by atoms with Crippen LogP contribution in [0.15, 0.2) is 10.3 Å². The number of thiophene rings is 1. The Hall–Kier alpha value is -0.430. The highest BCUT2D eigenvalue weighted by Gasteiger charge is 2.25. The first-order valence-electron chi connectivity index (χ1n) is 6.82. The van der Waals surface area contributed by atoms with Gasteiger partial charge in [0.2, 0.25) is 10.0 Å². The van der Waals surface area contributed by atoms with Gasteiger partial charge < -0.3 is 5.32 Å². The SMILES string of the molecule is CCNCc1scc(C)c1S(=O)(=O)NCC1CCC1. The van der Waals surface area contributed by atoms with Crippen molar-refractivity contribution in [2.24, 2.45) is 5.92 Å². The van der Waals surface area contributed by atoms with Crippen molar-refractivity contribution in [3.8, 4) is 0 Å². The molecule has 6 heteroatoms. The standard InChI is InChI=1S/C13H22N2O2S2/c1-3-14-8-12-13(10(2)9-18-12)19(16,17)15-7-11-5-4-6-11/h9,11,14-15H,3-8H2,1-2H3. The molecular formula is C13H22N2O2S2.